The van der Waals surface area contributed by atoms with Gasteiger partial charge >= 0.3 is 0 Å². The van der Waals surface area contributed by atoms with Crippen LogP contribution in [0.1, 0.15) is 37.3 Å². The van der Waals surface area contributed by atoms with E-state index in [-0.39, 0.29) is 0 Å². The Labute approximate surface area is 127 Å². The van der Waals surface area contributed by atoms with Crippen molar-refractivity contribution in [3.05, 3.63) is 23.8 Å². The summed E-state index contributed by atoms with van der Waals surface area (Å²) in [6.07, 6.45) is 4.89. The van der Waals surface area contributed by atoms with E-state index in [2.05, 4.69) is 29.4 Å². The summed E-state index contributed by atoms with van der Waals surface area (Å²) >= 11 is 0. The van der Waals surface area contributed by atoms with Gasteiger partial charge in [-0.1, -0.05) is 12.1 Å². The lowest BCUT2D eigenvalue weighted by molar-refractivity contribution is 0.109. The standard InChI is InChI=1S/C17H26N2O2/c1-19-11-8-13(9-12-19)21-17-14(15-6-4-10-18-15)5-3-7-16(17)20-2/h3,5,7,13,15,18H,4,6,8-12H2,1-2H3. The Balaban J connectivity index is 1.81. The van der Waals surface area contributed by atoms with Gasteiger partial charge in [-0.05, 0) is 45.3 Å². The number of benzene rings is 1. The van der Waals surface area contributed by atoms with Crippen molar-refractivity contribution < 1.29 is 9.47 Å². The molecule has 2 saturated heterocycles. The van der Waals surface area contributed by atoms with Crippen LogP contribution in [0.5, 0.6) is 11.5 Å². The molecule has 4 heteroatoms. The third-order valence-corrected chi connectivity index (χ3v) is 4.62. The molecular formula is C17H26N2O2. The second-order valence-corrected chi connectivity index (χ2v) is 6.15. The Morgan fingerprint density at radius 3 is 2.67 bits per heavy atom. The minimum atomic E-state index is 0.303. The monoisotopic (exact) mass is 290 g/mol. The number of ether oxygens (including phenoxy) is 2. The first-order chi connectivity index (χ1) is 10.3. The lowest BCUT2D eigenvalue weighted by Gasteiger charge is -2.31. The van der Waals surface area contributed by atoms with E-state index in [0.717, 1.165) is 44.0 Å². The van der Waals surface area contributed by atoms with Crippen LogP contribution in [0, 0.1) is 0 Å². The van der Waals surface area contributed by atoms with E-state index >= 15 is 0 Å². The van der Waals surface area contributed by atoms with Crippen LogP contribution in [0.4, 0.5) is 0 Å². The second kappa shape index (κ2) is 6.67. The van der Waals surface area contributed by atoms with Gasteiger partial charge in [0.05, 0.1) is 7.11 Å². The largest absolute Gasteiger partial charge is 0.493 e. The zero-order valence-electron chi connectivity index (χ0n) is 13.1. The Bertz CT molecular complexity index is 464. The zero-order valence-corrected chi connectivity index (χ0v) is 13.1. The Hall–Kier alpha value is -1.26. The first kappa shape index (κ1) is 14.7. The number of methoxy groups -OCH3 is 1. The molecule has 2 aliphatic heterocycles. The molecule has 0 saturated carbocycles. The Kier molecular flexibility index (Phi) is 4.66. The van der Waals surface area contributed by atoms with Crippen LogP contribution in [-0.2, 0) is 0 Å². The van der Waals surface area contributed by atoms with Crippen LogP contribution in [-0.4, -0.2) is 44.8 Å². The molecule has 1 N–H and O–H groups in total. The third kappa shape index (κ3) is 3.33. The highest BCUT2D eigenvalue weighted by molar-refractivity contribution is 5.48. The van der Waals surface area contributed by atoms with Gasteiger partial charge in [0.1, 0.15) is 6.10 Å². The molecule has 1 aromatic carbocycles. The fraction of sp³-hybridized carbons (Fsp3) is 0.647. The molecule has 0 spiro atoms. The van der Waals surface area contributed by atoms with Crippen molar-refractivity contribution in [1.29, 1.82) is 0 Å². The summed E-state index contributed by atoms with van der Waals surface area (Å²) in [4.78, 5) is 2.36. The highest BCUT2D eigenvalue weighted by Gasteiger charge is 2.25. The summed E-state index contributed by atoms with van der Waals surface area (Å²) in [5, 5.41) is 3.57. The first-order valence-electron chi connectivity index (χ1n) is 8.03. The lowest BCUT2D eigenvalue weighted by atomic mass is 10.0. The molecule has 3 rings (SSSR count). The maximum absolute atomic E-state index is 6.38. The van der Waals surface area contributed by atoms with Crippen LogP contribution in [0.2, 0.25) is 0 Å². The summed E-state index contributed by atoms with van der Waals surface area (Å²) in [6.45, 7) is 3.31. The second-order valence-electron chi connectivity index (χ2n) is 6.15. The van der Waals surface area contributed by atoms with Crippen molar-refractivity contribution in [3.63, 3.8) is 0 Å². The van der Waals surface area contributed by atoms with E-state index in [1.165, 1.54) is 18.4 Å². The van der Waals surface area contributed by atoms with E-state index in [1.54, 1.807) is 7.11 Å². The smallest absolute Gasteiger partial charge is 0.166 e. The SMILES string of the molecule is COc1cccc(C2CCCN2)c1OC1CCN(C)CC1. The van der Waals surface area contributed by atoms with Crippen LogP contribution in [0.25, 0.3) is 0 Å². The third-order valence-electron chi connectivity index (χ3n) is 4.62. The van der Waals surface area contributed by atoms with Gasteiger partial charge in [0.15, 0.2) is 11.5 Å². The zero-order chi connectivity index (χ0) is 14.7. The van der Waals surface area contributed by atoms with E-state index in [4.69, 9.17) is 9.47 Å². The highest BCUT2D eigenvalue weighted by Crippen LogP contribution is 2.39. The molecule has 4 nitrogen and oxygen atoms in total. The number of likely N-dealkylation sites (tertiary alicyclic amines) is 1. The predicted molar refractivity (Wildman–Crippen MR) is 84.1 cm³/mol. The highest BCUT2D eigenvalue weighted by atomic mass is 16.5. The van der Waals surface area contributed by atoms with Crippen LogP contribution in [0.3, 0.4) is 0 Å². The Morgan fingerprint density at radius 1 is 1.19 bits per heavy atom. The molecule has 1 aromatic rings. The molecule has 21 heavy (non-hydrogen) atoms. The maximum Gasteiger partial charge on any atom is 0.166 e. The molecule has 116 valence electrons. The van der Waals surface area contributed by atoms with Gasteiger partial charge in [-0.3, -0.25) is 0 Å². The van der Waals surface area contributed by atoms with Crippen molar-refractivity contribution in [1.82, 2.24) is 10.2 Å². The minimum absolute atomic E-state index is 0.303. The lowest BCUT2D eigenvalue weighted by Crippen LogP contribution is -2.36. The minimum Gasteiger partial charge on any atom is -0.493 e. The van der Waals surface area contributed by atoms with E-state index in [0.29, 0.717) is 12.1 Å². The number of piperidine rings is 1. The average molecular weight is 290 g/mol. The molecule has 0 aromatic heterocycles. The van der Waals surface area contributed by atoms with Crippen molar-refractivity contribution in [3.8, 4) is 11.5 Å². The summed E-state index contributed by atoms with van der Waals surface area (Å²) < 4.78 is 11.9. The number of hydrogen-bond acceptors (Lipinski definition) is 4. The number of rotatable bonds is 4. The fourth-order valence-electron chi connectivity index (χ4n) is 3.31. The number of hydrogen-bond donors (Lipinski definition) is 1. The molecule has 0 amide bonds. The van der Waals surface area contributed by atoms with Gasteiger partial charge in [0.2, 0.25) is 0 Å². The van der Waals surface area contributed by atoms with Crippen molar-refractivity contribution in [2.24, 2.45) is 0 Å². The van der Waals surface area contributed by atoms with Gasteiger partial charge in [0.25, 0.3) is 0 Å². The van der Waals surface area contributed by atoms with E-state index in [1.807, 2.05) is 6.07 Å². The molecular weight excluding hydrogens is 264 g/mol. The van der Waals surface area contributed by atoms with E-state index in [9.17, 15) is 0 Å². The van der Waals surface area contributed by atoms with Gasteiger partial charge in [-0.25, -0.2) is 0 Å². The summed E-state index contributed by atoms with van der Waals surface area (Å²) in [6, 6.07) is 6.65. The summed E-state index contributed by atoms with van der Waals surface area (Å²) in [5.41, 5.74) is 1.26. The van der Waals surface area contributed by atoms with E-state index < -0.39 is 0 Å². The van der Waals surface area contributed by atoms with Gasteiger partial charge in [-0.15, -0.1) is 0 Å². The maximum atomic E-state index is 6.38. The first-order valence-corrected chi connectivity index (χ1v) is 8.03. The quantitative estimate of drug-likeness (QED) is 0.924. The van der Waals surface area contributed by atoms with Gasteiger partial charge in [-0.2, -0.15) is 0 Å². The van der Waals surface area contributed by atoms with Crippen molar-refractivity contribution in [2.75, 3.05) is 33.8 Å². The molecule has 2 heterocycles. The topological polar surface area (TPSA) is 33.7 Å². The molecule has 2 aliphatic rings. The molecule has 1 atom stereocenters. The van der Waals surface area contributed by atoms with Crippen molar-refractivity contribution >= 4 is 0 Å². The normalized spacial score (nSPS) is 24.2. The van der Waals surface area contributed by atoms with Gasteiger partial charge in [0, 0.05) is 24.7 Å². The van der Waals surface area contributed by atoms with Crippen LogP contribution in [0.15, 0.2) is 18.2 Å². The van der Waals surface area contributed by atoms with Crippen LogP contribution < -0.4 is 14.8 Å². The number of nitrogens with zero attached hydrogens (tertiary/aromatic N) is 1. The average Bonchev–Trinajstić information content (AvgIpc) is 3.04. The summed E-state index contributed by atoms with van der Waals surface area (Å²) in [5.74, 6) is 1.81. The molecule has 0 radical (unpaired) electrons. The fourth-order valence-corrected chi connectivity index (χ4v) is 3.31. The number of para-hydroxylation sites is 1. The number of nitrogens with one attached hydrogen (secondary N) is 1. The summed E-state index contributed by atoms with van der Waals surface area (Å²) in [7, 11) is 3.90. The molecule has 2 fully saturated rings. The predicted octanol–water partition coefficient (Wildman–Crippen LogP) is 2.59. The van der Waals surface area contributed by atoms with Crippen LogP contribution >= 0.6 is 0 Å². The molecule has 1 unspecified atom stereocenters. The van der Waals surface area contributed by atoms with Crippen molar-refractivity contribution in [2.45, 2.75) is 37.8 Å². The Morgan fingerprint density at radius 2 is 2.00 bits per heavy atom. The molecule has 0 bridgehead atoms. The molecule has 0 aliphatic carbocycles. The van der Waals surface area contributed by atoms with Gasteiger partial charge < -0.3 is 19.7 Å².